The van der Waals surface area contributed by atoms with Crippen LogP contribution in [0.4, 0.5) is 0 Å². The summed E-state index contributed by atoms with van der Waals surface area (Å²) in [6.07, 6.45) is 93.9. The second kappa shape index (κ2) is 72.6. The molecule has 0 fully saturated rings. The van der Waals surface area contributed by atoms with Crippen LogP contribution in [-0.4, -0.2) is 47.4 Å². The first-order valence-corrected chi connectivity index (χ1v) is 37.8. The number of hydrogen-bond donors (Lipinski definition) is 3. The average molecular weight is 1170 g/mol. The predicted molar refractivity (Wildman–Crippen MR) is 366 cm³/mol. The van der Waals surface area contributed by atoms with Crippen LogP contribution in [-0.2, 0) is 14.3 Å². The summed E-state index contributed by atoms with van der Waals surface area (Å²) in [5.41, 5.74) is 0. The van der Waals surface area contributed by atoms with Crippen molar-refractivity contribution < 1.29 is 24.5 Å². The molecular formula is C77H147NO5. The van der Waals surface area contributed by atoms with Crippen LogP contribution in [0.25, 0.3) is 0 Å². The molecule has 0 spiro atoms. The molecule has 83 heavy (non-hydrogen) atoms. The number of carbonyl (C=O) groups excluding carboxylic acids is 2. The fourth-order valence-electron chi connectivity index (χ4n) is 11.9. The number of ether oxygens (including phenoxy) is 1. The Morgan fingerprint density at radius 1 is 0.337 bits per heavy atom. The zero-order chi connectivity index (χ0) is 59.9. The highest BCUT2D eigenvalue weighted by Gasteiger charge is 2.18. The Labute approximate surface area is 519 Å². The van der Waals surface area contributed by atoms with Gasteiger partial charge in [0.25, 0.3) is 0 Å². The van der Waals surface area contributed by atoms with Crippen molar-refractivity contribution in [3.05, 3.63) is 36.5 Å². The standard InChI is InChI=1S/C77H147NO5/c1-3-5-7-9-11-13-15-17-19-21-34-37-41-45-49-53-57-61-65-69-75(80)74(73-79)78-76(81)70-66-62-58-54-50-46-42-38-35-32-30-28-26-24-23-25-27-29-31-33-36-40-44-48-52-56-60-64-68-72-83-77(82)71-67-63-59-55-51-47-43-39-22-20-18-16-14-12-10-8-6-4-2/h14,16,20,22,65,69,74-75,79-80H,3-13,15,17-19,21,23-64,66-68,70-73H2,1-2H3,(H,78,81)/b16-14-,22-20-,69-65+. The lowest BCUT2D eigenvalue weighted by molar-refractivity contribution is -0.143. The molecular weight excluding hydrogens is 1020 g/mol. The summed E-state index contributed by atoms with van der Waals surface area (Å²) in [5, 5.41) is 23.2. The van der Waals surface area contributed by atoms with E-state index in [0.29, 0.717) is 19.4 Å². The fourth-order valence-corrected chi connectivity index (χ4v) is 11.9. The first kappa shape index (κ1) is 81.1. The quantitative estimate of drug-likeness (QED) is 0.0320. The molecule has 0 radical (unpaired) electrons. The first-order chi connectivity index (χ1) is 41.0. The number of unbranched alkanes of at least 4 members (excludes halogenated alkanes) is 56. The van der Waals surface area contributed by atoms with E-state index < -0.39 is 12.1 Å². The number of esters is 1. The van der Waals surface area contributed by atoms with Crippen LogP contribution in [0.1, 0.15) is 418 Å². The maximum absolute atomic E-state index is 12.5. The zero-order valence-corrected chi connectivity index (χ0v) is 56.2. The minimum absolute atomic E-state index is 0.0124. The van der Waals surface area contributed by atoms with Crippen molar-refractivity contribution in [3.63, 3.8) is 0 Å². The molecule has 0 aromatic carbocycles. The third-order valence-electron chi connectivity index (χ3n) is 17.7. The van der Waals surface area contributed by atoms with E-state index in [1.807, 2.05) is 6.08 Å². The smallest absolute Gasteiger partial charge is 0.305 e. The molecule has 490 valence electrons. The molecule has 0 saturated heterocycles. The molecule has 0 heterocycles. The van der Waals surface area contributed by atoms with Crippen molar-refractivity contribution in [2.75, 3.05) is 13.2 Å². The van der Waals surface area contributed by atoms with Crippen LogP contribution in [0.5, 0.6) is 0 Å². The van der Waals surface area contributed by atoms with E-state index >= 15 is 0 Å². The number of allylic oxidation sites excluding steroid dienone is 5. The van der Waals surface area contributed by atoms with Gasteiger partial charge in [-0.1, -0.05) is 378 Å². The molecule has 0 aliphatic carbocycles. The van der Waals surface area contributed by atoms with Crippen molar-refractivity contribution in [1.82, 2.24) is 5.32 Å². The van der Waals surface area contributed by atoms with E-state index in [-0.39, 0.29) is 18.5 Å². The van der Waals surface area contributed by atoms with Crippen LogP contribution in [0.2, 0.25) is 0 Å². The number of amides is 1. The SMILES string of the molecule is CCCCCC/C=C\C/C=C\CCCCCCCCCC(=O)OCCCCCCCCCCCCCCCCCCCCCCCCCCCCCCCC(=O)NC(CO)C(O)/C=C/CCCCCCCCCCCCCCCCCCC. The van der Waals surface area contributed by atoms with Gasteiger partial charge in [-0.3, -0.25) is 9.59 Å². The van der Waals surface area contributed by atoms with Gasteiger partial charge >= 0.3 is 5.97 Å². The second-order valence-electron chi connectivity index (χ2n) is 26.0. The summed E-state index contributed by atoms with van der Waals surface area (Å²) in [6, 6.07) is -0.626. The monoisotopic (exact) mass is 1170 g/mol. The number of rotatable bonds is 71. The lowest BCUT2D eigenvalue weighted by atomic mass is 10.0. The largest absolute Gasteiger partial charge is 0.466 e. The molecule has 0 aliphatic rings. The van der Waals surface area contributed by atoms with Gasteiger partial charge < -0.3 is 20.3 Å². The minimum Gasteiger partial charge on any atom is -0.466 e. The van der Waals surface area contributed by atoms with E-state index in [4.69, 9.17) is 4.74 Å². The number of carbonyl (C=O) groups is 2. The Morgan fingerprint density at radius 2 is 0.602 bits per heavy atom. The molecule has 0 saturated carbocycles. The Hall–Kier alpha value is -1.92. The summed E-state index contributed by atoms with van der Waals surface area (Å²) in [5.74, 6) is -0.0483. The van der Waals surface area contributed by atoms with Gasteiger partial charge in [-0.15, -0.1) is 0 Å². The van der Waals surface area contributed by atoms with E-state index in [9.17, 15) is 19.8 Å². The van der Waals surface area contributed by atoms with Crippen molar-refractivity contribution in [2.24, 2.45) is 0 Å². The Bertz CT molecular complexity index is 1340. The molecule has 3 N–H and O–H groups in total. The first-order valence-electron chi connectivity index (χ1n) is 37.8. The third-order valence-corrected chi connectivity index (χ3v) is 17.7. The summed E-state index contributed by atoms with van der Waals surface area (Å²) in [7, 11) is 0. The lowest BCUT2D eigenvalue weighted by Gasteiger charge is -2.20. The van der Waals surface area contributed by atoms with Crippen LogP contribution >= 0.6 is 0 Å². The fraction of sp³-hybridized carbons (Fsp3) is 0.896. The zero-order valence-electron chi connectivity index (χ0n) is 56.2. The van der Waals surface area contributed by atoms with Crippen molar-refractivity contribution in [2.45, 2.75) is 431 Å². The van der Waals surface area contributed by atoms with E-state index in [0.717, 1.165) is 51.4 Å². The average Bonchev–Trinajstić information content (AvgIpc) is 3.49. The molecule has 6 nitrogen and oxygen atoms in total. The normalized spacial score (nSPS) is 12.7. The molecule has 1 amide bonds. The van der Waals surface area contributed by atoms with Crippen molar-refractivity contribution in [3.8, 4) is 0 Å². The Morgan fingerprint density at radius 3 is 0.928 bits per heavy atom. The maximum Gasteiger partial charge on any atom is 0.305 e. The van der Waals surface area contributed by atoms with Gasteiger partial charge in [0.15, 0.2) is 0 Å². The summed E-state index contributed by atoms with van der Waals surface area (Å²) in [6.45, 7) is 4.93. The van der Waals surface area contributed by atoms with Crippen LogP contribution < -0.4 is 5.32 Å². The topological polar surface area (TPSA) is 95.9 Å². The van der Waals surface area contributed by atoms with Crippen molar-refractivity contribution in [1.29, 1.82) is 0 Å². The van der Waals surface area contributed by atoms with Crippen molar-refractivity contribution >= 4 is 11.9 Å². The number of nitrogens with one attached hydrogen (secondary N) is 1. The third kappa shape index (κ3) is 69.1. The minimum atomic E-state index is -0.843. The molecule has 0 aliphatic heterocycles. The Balaban J connectivity index is 3.36. The highest BCUT2D eigenvalue weighted by Crippen LogP contribution is 2.19. The summed E-state index contributed by atoms with van der Waals surface area (Å²) in [4.78, 5) is 24.6. The van der Waals surface area contributed by atoms with Gasteiger partial charge in [0, 0.05) is 12.8 Å². The summed E-state index contributed by atoms with van der Waals surface area (Å²) >= 11 is 0. The van der Waals surface area contributed by atoms with Gasteiger partial charge in [0.2, 0.25) is 5.91 Å². The molecule has 6 heteroatoms. The van der Waals surface area contributed by atoms with Crippen LogP contribution in [0.15, 0.2) is 36.5 Å². The lowest BCUT2D eigenvalue weighted by Crippen LogP contribution is -2.45. The number of aliphatic hydroxyl groups is 2. The molecule has 0 aromatic rings. The van der Waals surface area contributed by atoms with Crippen LogP contribution in [0, 0.1) is 0 Å². The number of hydrogen-bond acceptors (Lipinski definition) is 5. The van der Waals surface area contributed by atoms with Gasteiger partial charge in [0.1, 0.15) is 0 Å². The van der Waals surface area contributed by atoms with E-state index in [1.165, 1.54) is 340 Å². The molecule has 2 unspecified atom stereocenters. The van der Waals surface area contributed by atoms with Gasteiger partial charge in [-0.2, -0.15) is 0 Å². The van der Waals surface area contributed by atoms with Crippen LogP contribution in [0.3, 0.4) is 0 Å². The molecule has 2 atom stereocenters. The van der Waals surface area contributed by atoms with E-state index in [2.05, 4.69) is 43.5 Å². The highest BCUT2D eigenvalue weighted by molar-refractivity contribution is 5.76. The summed E-state index contributed by atoms with van der Waals surface area (Å²) < 4.78 is 5.51. The molecule has 0 rings (SSSR count). The second-order valence-corrected chi connectivity index (χ2v) is 26.0. The highest BCUT2D eigenvalue weighted by atomic mass is 16.5. The van der Waals surface area contributed by atoms with Gasteiger partial charge in [-0.05, 0) is 64.2 Å². The maximum atomic E-state index is 12.5. The molecule has 0 bridgehead atoms. The van der Waals surface area contributed by atoms with Gasteiger partial charge in [0.05, 0.1) is 25.4 Å². The van der Waals surface area contributed by atoms with E-state index in [1.54, 1.807) is 6.08 Å². The number of aliphatic hydroxyl groups excluding tert-OH is 2. The predicted octanol–water partition coefficient (Wildman–Crippen LogP) is 24.7. The molecule has 0 aromatic heterocycles. The Kier molecular flexibility index (Phi) is 70.9. The van der Waals surface area contributed by atoms with Gasteiger partial charge in [-0.25, -0.2) is 0 Å².